The van der Waals surface area contributed by atoms with Gasteiger partial charge in [-0.3, -0.25) is 4.57 Å². The highest BCUT2D eigenvalue weighted by Crippen LogP contribution is 2.50. The number of aliphatic hydroxyl groups excluding tert-OH is 1. The van der Waals surface area contributed by atoms with Crippen LogP contribution >= 0.6 is 7.60 Å². The van der Waals surface area contributed by atoms with Crippen molar-refractivity contribution < 1.29 is 36.3 Å². The topological polar surface area (TPSA) is 55.8 Å². The van der Waals surface area contributed by atoms with Gasteiger partial charge in [0, 0.05) is 0 Å². The van der Waals surface area contributed by atoms with E-state index in [0.29, 0.717) is 0 Å². The zero-order valence-electron chi connectivity index (χ0n) is 5.49. The Morgan fingerprint density at radius 3 is 1.67 bits per heavy atom. The summed E-state index contributed by atoms with van der Waals surface area (Å²) < 4.78 is 62.2. The van der Waals surface area contributed by atoms with Crippen molar-refractivity contribution in [3.05, 3.63) is 0 Å². The van der Waals surface area contributed by atoms with Crippen LogP contribution in [0.25, 0.3) is 0 Å². The number of hydrogen-bond donors (Lipinski definition) is 1. The second-order valence-corrected chi connectivity index (χ2v) is 3.41. The Kier molecular flexibility index (Phi) is 4.69. The highest BCUT2D eigenvalue weighted by molar-refractivity contribution is 7.53. The van der Waals surface area contributed by atoms with E-state index in [1.165, 1.54) is 0 Å². The largest absolute Gasteiger partial charge is 0.384 e. The van der Waals surface area contributed by atoms with Gasteiger partial charge in [0.05, 0.1) is 0 Å². The molecule has 1 N–H and O–H groups in total. The van der Waals surface area contributed by atoms with E-state index in [1.54, 1.807) is 0 Å². The summed E-state index contributed by atoms with van der Waals surface area (Å²) >= 11 is 0. The minimum atomic E-state index is -4.76. The summed E-state index contributed by atoms with van der Waals surface area (Å²) in [7, 11) is -4.76. The molecule has 0 aromatic rings. The summed E-state index contributed by atoms with van der Waals surface area (Å²) in [6, 6.07) is 0. The van der Waals surface area contributed by atoms with Crippen LogP contribution < -0.4 is 0 Å². The highest BCUT2D eigenvalue weighted by Gasteiger charge is 2.31. The molecule has 0 rings (SSSR count). The first kappa shape index (κ1) is 11.8. The molecule has 4 nitrogen and oxygen atoms in total. The molecular weight excluding hydrogens is 207 g/mol. The Bertz CT molecular complexity index is 160. The fraction of sp³-hybridized carbons (Fsp3) is 1.00. The smallest absolute Gasteiger partial charge is 0.364 e. The second-order valence-electron chi connectivity index (χ2n) is 1.48. The van der Waals surface area contributed by atoms with Crippen molar-refractivity contribution in [2.75, 3.05) is 6.35 Å². The molecular formula is C3H5F4O4P. The molecule has 0 spiro atoms. The van der Waals surface area contributed by atoms with E-state index in [9.17, 15) is 22.1 Å². The SMILES string of the molecule is O=P(CO)(OC(F)F)OC(F)F. The van der Waals surface area contributed by atoms with Gasteiger partial charge in [-0.25, -0.2) is 9.05 Å². The van der Waals surface area contributed by atoms with Gasteiger partial charge < -0.3 is 5.11 Å². The standard InChI is InChI=1S/C3H5F4O4P/c4-2(5)10-12(9,1-8)11-3(6)7/h2-3,8H,1H2. The molecule has 0 aromatic heterocycles. The van der Waals surface area contributed by atoms with Crippen LogP contribution in [0.2, 0.25) is 0 Å². The molecule has 0 heterocycles. The Morgan fingerprint density at radius 1 is 1.17 bits per heavy atom. The highest BCUT2D eigenvalue weighted by atomic mass is 31.2. The maximum absolute atomic E-state index is 11.3. The maximum Gasteiger partial charge on any atom is 0.364 e. The summed E-state index contributed by atoms with van der Waals surface area (Å²) in [6.07, 6.45) is -1.53. The molecule has 74 valence electrons. The van der Waals surface area contributed by atoms with Gasteiger partial charge in [0.1, 0.15) is 6.35 Å². The van der Waals surface area contributed by atoms with Crippen LogP contribution in [0.4, 0.5) is 17.6 Å². The van der Waals surface area contributed by atoms with Crippen LogP contribution in [0.1, 0.15) is 0 Å². The third-order valence-corrected chi connectivity index (χ3v) is 1.96. The molecule has 0 aromatic carbocycles. The Balaban J connectivity index is 4.15. The minimum Gasteiger partial charge on any atom is -0.384 e. The van der Waals surface area contributed by atoms with E-state index < -0.39 is 27.2 Å². The van der Waals surface area contributed by atoms with Crippen molar-refractivity contribution >= 4 is 7.60 Å². The summed E-state index contributed by atoms with van der Waals surface area (Å²) in [5.41, 5.74) is 0. The van der Waals surface area contributed by atoms with Gasteiger partial charge in [-0.15, -0.1) is 0 Å². The van der Waals surface area contributed by atoms with E-state index in [-0.39, 0.29) is 0 Å². The van der Waals surface area contributed by atoms with Gasteiger partial charge in [0.2, 0.25) is 0 Å². The van der Waals surface area contributed by atoms with Crippen LogP contribution in [-0.4, -0.2) is 24.7 Å². The van der Waals surface area contributed by atoms with Gasteiger partial charge in [0.25, 0.3) is 0 Å². The van der Waals surface area contributed by atoms with Crippen molar-refractivity contribution in [1.82, 2.24) is 0 Å². The summed E-state index contributed by atoms with van der Waals surface area (Å²) in [5, 5.41) is 8.10. The number of hydrogen-bond acceptors (Lipinski definition) is 4. The molecule has 0 fully saturated rings. The van der Waals surface area contributed by atoms with E-state index >= 15 is 0 Å². The van der Waals surface area contributed by atoms with E-state index in [0.717, 1.165) is 0 Å². The first-order valence-electron chi connectivity index (χ1n) is 2.52. The average molecular weight is 212 g/mol. The molecule has 0 aliphatic carbocycles. The van der Waals surface area contributed by atoms with Crippen LogP contribution in [-0.2, 0) is 13.6 Å². The lowest BCUT2D eigenvalue weighted by atomic mass is 11.5. The quantitative estimate of drug-likeness (QED) is 0.555. The van der Waals surface area contributed by atoms with E-state index in [2.05, 4.69) is 9.05 Å². The number of rotatable bonds is 5. The molecule has 0 bridgehead atoms. The molecule has 9 heteroatoms. The monoisotopic (exact) mass is 212 g/mol. The number of alkyl halides is 4. The summed E-state index contributed by atoms with van der Waals surface area (Å²) in [6.45, 7) is -7.08. The lowest BCUT2D eigenvalue weighted by molar-refractivity contribution is -0.101. The minimum absolute atomic E-state index is 1.53. The van der Waals surface area contributed by atoms with Gasteiger partial charge in [0.15, 0.2) is 0 Å². The van der Waals surface area contributed by atoms with Crippen molar-refractivity contribution in [1.29, 1.82) is 0 Å². The van der Waals surface area contributed by atoms with E-state index in [4.69, 9.17) is 5.11 Å². The van der Waals surface area contributed by atoms with E-state index in [1.807, 2.05) is 0 Å². The maximum atomic E-state index is 11.3. The van der Waals surface area contributed by atoms with Crippen molar-refractivity contribution in [2.45, 2.75) is 13.2 Å². The van der Waals surface area contributed by atoms with Gasteiger partial charge >= 0.3 is 20.8 Å². The fourth-order valence-electron chi connectivity index (χ4n) is 0.334. The Hall–Kier alpha value is -0.170. The summed E-state index contributed by atoms with van der Waals surface area (Å²) in [5.74, 6) is 0. The predicted molar refractivity (Wildman–Crippen MR) is 28.9 cm³/mol. The molecule has 0 amide bonds. The molecule has 0 radical (unpaired) electrons. The van der Waals surface area contributed by atoms with Gasteiger partial charge in [-0.1, -0.05) is 0 Å². The molecule has 12 heavy (non-hydrogen) atoms. The Labute approximate surface area is 64.6 Å². The van der Waals surface area contributed by atoms with Crippen molar-refractivity contribution in [3.8, 4) is 0 Å². The van der Waals surface area contributed by atoms with Crippen LogP contribution in [0.3, 0.4) is 0 Å². The predicted octanol–water partition coefficient (Wildman–Crippen LogP) is 1.61. The molecule has 0 unspecified atom stereocenters. The van der Waals surface area contributed by atoms with Crippen LogP contribution in [0, 0.1) is 0 Å². The lowest BCUT2D eigenvalue weighted by Gasteiger charge is -2.13. The molecule has 0 atom stereocenters. The van der Waals surface area contributed by atoms with Crippen molar-refractivity contribution in [3.63, 3.8) is 0 Å². The summed E-state index contributed by atoms with van der Waals surface area (Å²) in [4.78, 5) is 0. The molecule has 0 saturated heterocycles. The number of aliphatic hydroxyl groups is 1. The van der Waals surface area contributed by atoms with Gasteiger partial charge in [-0.2, -0.15) is 17.6 Å². The van der Waals surface area contributed by atoms with Gasteiger partial charge in [-0.05, 0) is 0 Å². The first-order valence-corrected chi connectivity index (χ1v) is 4.25. The lowest BCUT2D eigenvalue weighted by Crippen LogP contribution is -2.06. The molecule has 0 saturated carbocycles. The average Bonchev–Trinajstić information content (AvgIpc) is 1.83. The zero-order chi connectivity index (χ0) is 9.78. The Morgan fingerprint density at radius 2 is 1.50 bits per heavy atom. The fourth-order valence-corrected chi connectivity index (χ4v) is 1.00. The number of halogens is 4. The van der Waals surface area contributed by atoms with Crippen LogP contribution in [0.5, 0.6) is 0 Å². The van der Waals surface area contributed by atoms with Crippen LogP contribution in [0.15, 0.2) is 0 Å². The second kappa shape index (κ2) is 4.76. The normalized spacial score (nSPS) is 12.9. The first-order chi connectivity index (χ1) is 5.39. The third-order valence-electron chi connectivity index (χ3n) is 0.654. The molecule has 0 aliphatic rings. The third kappa shape index (κ3) is 4.66. The van der Waals surface area contributed by atoms with Crippen molar-refractivity contribution in [2.24, 2.45) is 0 Å². The molecule has 0 aliphatic heterocycles. The zero-order valence-corrected chi connectivity index (χ0v) is 6.39.